The van der Waals surface area contributed by atoms with Crippen LogP contribution in [-0.2, 0) is 44.4 Å². The third-order valence-corrected chi connectivity index (χ3v) is 8.08. The maximum Gasteiger partial charge on any atom is 0.297 e. The molecule has 0 saturated carbocycles. The summed E-state index contributed by atoms with van der Waals surface area (Å²) in [5.74, 6) is 0.874. The van der Waals surface area contributed by atoms with Crippen molar-refractivity contribution >= 4 is 10.1 Å². The molecule has 0 atom stereocenters. The van der Waals surface area contributed by atoms with E-state index in [0.717, 1.165) is 17.7 Å². The second-order valence-corrected chi connectivity index (χ2v) is 12.1. The number of aryl methyl sites for hydroxylation is 2. The molecule has 9 nitrogen and oxygen atoms in total. The quantitative estimate of drug-likeness (QED) is 0.0767. The Morgan fingerprint density at radius 1 is 0.523 bits per heavy atom. The predicted molar refractivity (Wildman–Crippen MR) is 172 cm³/mol. The van der Waals surface area contributed by atoms with E-state index in [0.29, 0.717) is 66.1 Å². The largest absolute Gasteiger partial charge is 0.491 e. The third-order valence-electron chi connectivity index (χ3n) is 6.75. The topological polar surface area (TPSA) is 98.8 Å². The van der Waals surface area contributed by atoms with Crippen molar-refractivity contribution in [2.75, 3.05) is 79.3 Å². The van der Waals surface area contributed by atoms with E-state index in [9.17, 15) is 8.42 Å². The van der Waals surface area contributed by atoms with Gasteiger partial charge in [0.25, 0.3) is 10.1 Å². The van der Waals surface area contributed by atoms with E-state index < -0.39 is 10.1 Å². The van der Waals surface area contributed by atoms with Crippen molar-refractivity contribution in [2.24, 2.45) is 0 Å². The Balaban J connectivity index is 1.29. The summed E-state index contributed by atoms with van der Waals surface area (Å²) < 4.78 is 62.2. The lowest BCUT2D eigenvalue weighted by atomic mass is 10.0. The van der Waals surface area contributed by atoms with Crippen LogP contribution in [0.1, 0.15) is 63.0 Å². The zero-order valence-corrected chi connectivity index (χ0v) is 27.7. The first-order valence-electron chi connectivity index (χ1n) is 16.1. The van der Waals surface area contributed by atoms with Gasteiger partial charge in [0.15, 0.2) is 0 Å². The van der Waals surface area contributed by atoms with Crippen LogP contribution in [0.25, 0.3) is 0 Å². The summed E-state index contributed by atoms with van der Waals surface area (Å²) in [5, 5.41) is 0. The van der Waals surface area contributed by atoms with Gasteiger partial charge in [-0.15, -0.1) is 0 Å². The molecule has 10 heteroatoms. The number of benzene rings is 2. The standard InChI is InChI=1S/C34H54O9S/c1-3-4-5-6-7-8-9-10-32-13-15-33(16-14-32)42-29-27-40-25-23-38-21-19-37-20-22-39-24-26-41-28-30-43-44(35,36)34-17-11-31(2)12-18-34/h11-18H,3-10,19-30H2,1-2H3. The fourth-order valence-electron chi connectivity index (χ4n) is 4.21. The predicted octanol–water partition coefficient (Wildman–Crippen LogP) is 6.16. The van der Waals surface area contributed by atoms with Crippen LogP contribution in [0.5, 0.6) is 5.75 Å². The zero-order chi connectivity index (χ0) is 31.6. The summed E-state index contributed by atoms with van der Waals surface area (Å²) in [6, 6.07) is 14.9. The lowest BCUT2D eigenvalue weighted by Crippen LogP contribution is -2.15. The molecule has 0 N–H and O–H groups in total. The van der Waals surface area contributed by atoms with E-state index >= 15 is 0 Å². The summed E-state index contributed by atoms with van der Waals surface area (Å²) >= 11 is 0. The second kappa shape index (κ2) is 25.2. The van der Waals surface area contributed by atoms with Gasteiger partial charge in [-0.25, -0.2) is 0 Å². The van der Waals surface area contributed by atoms with Gasteiger partial charge in [0.1, 0.15) is 12.4 Å². The van der Waals surface area contributed by atoms with Gasteiger partial charge in [0.2, 0.25) is 0 Å². The first-order valence-corrected chi connectivity index (χ1v) is 17.5. The van der Waals surface area contributed by atoms with Gasteiger partial charge in [-0.05, 0) is 49.6 Å². The van der Waals surface area contributed by atoms with Crippen LogP contribution in [0.15, 0.2) is 53.4 Å². The maximum absolute atomic E-state index is 12.1. The lowest BCUT2D eigenvalue weighted by molar-refractivity contribution is -0.0140. The molecule has 0 unspecified atom stereocenters. The Labute approximate surface area is 265 Å². The summed E-state index contributed by atoms with van der Waals surface area (Å²) in [5.41, 5.74) is 2.35. The lowest BCUT2D eigenvalue weighted by Gasteiger charge is -2.09. The average molecular weight is 639 g/mol. The molecule has 2 rings (SSSR count). The van der Waals surface area contributed by atoms with Crippen molar-refractivity contribution in [3.05, 3.63) is 59.7 Å². The third kappa shape index (κ3) is 19.4. The molecule has 44 heavy (non-hydrogen) atoms. The van der Waals surface area contributed by atoms with Gasteiger partial charge in [-0.1, -0.05) is 75.3 Å². The molecule has 0 aliphatic rings. The second-order valence-electron chi connectivity index (χ2n) is 10.5. The monoisotopic (exact) mass is 638 g/mol. The molecule has 0 saturated heterocycles. The fraction of sp³-hybridized carbons (Fsp3) is 0.647. The summed E-state index contributed by atoms with van der Waals surface area (Å²) in [6.45, 7) is 8.87. The first kappa shape index (κ1) is 38.1. The summed E-state index contributed by atoms with van der Waals surface area (Å²) in [7, 11) is -3.76. The van der Waals surface area contributed by atoms with Gasteiger partial charge >= 0.3 is 0 Å². The van der Waals surface area contributed by atoms with Crippen LogP contribution < -0.4 is 4.74 Å². The Kier molecular flexibility index (Phi) is 21.8. The molecular formula is C34H54O9S. The van der Waals surface area contributed by atoms with Crippen LogP contribution >= 0.6 is 0 Å². The fourth-order valence-corrected chi connectivity index (χ4v) is 5.11. The van der Waals surface area contributed by atoms with Gasteiger partial charge in [-0.3, -0.25) is 4.18 Å². The number of ether oxygens (including phenoxy) is 6. The Morgan fingerprint density at radius 2 is 0.977 bits per heavy atom. The SMILES string of the molecule is CCCCCCCCCc1ccc(OCCOCCOCCOCCOCCOCCOS(=O)(=O)c2ccc(C)cc2)cc1. The molecule has 0 fully saturated rings. The molecule has 0 aliphatic heterocycles. The number of rotatable bonds is 29. The van der Waals surface area contributed by atoms with Crippen LogP contribution in [0, 0.1) is 6.92 Å². The molecule has 0 aliphatic carbocycles. The van der Waals surface area contributed by atoms with Gasteiger partial charge < -0.3 is 28.4 Å². The minimum atomic E-state index is -3.76. The first-order chi connectivity index (χ1) is 21.5. The zero-order valence-electron chi connectivity index (χ0n) is 26.8. The molecule has 0 radical (unpaired) electrons. The van der Waals surface area contributed by atoms with Crippen molar-refractivity contribution in [1.29, 1.82) is 0 Å². The average Bonchev–Trinajstić information content (AvgIpc) is 3.02. The molecule has 0 aromatic heterocycles. The van der Waals surface area contributed by atoms with Crippen molar-refractivity contribution in [2.45, 2.75) is 70.1 Å². The highest BCUT2D eigenvalue weighted by molar-refractivity contribution is 7.86. The minimum absolute atomic E-state index is 0.0496. The van der Waals surface area contributed by atoms with E-state index in [-0.39, 0.29) is 18.1 Å². The molecular weight excluding hydrogens is 584 g/mol. The van der Waals surface area contributed by atoms with E-state index in [2.05, 4.69) is 19.1 Å². The molecule has 0 spiro atoms. The smallest absolute Gasteiger partial charge is 0.297 e. The van der Waals surface area contributed by atoms with Crippen molar-refractivity contribution in [3.8, 4) is 5.75 Å². The highest BCUT2D eigenvalue weighted by Crippen LogP contribution is 2.16. The van der Waals surface area contributed by atoms with Crippen LogP contribution in [0.3, 0.4) is 0 Å². The highest BCUT2D eigenvalue weighted by Gasteiger charge is 2.14. The number of hydrogen-bond donors (Lipinski definition) is 0. The van der Waals surface area contributed by atoms with E-state index in [4.69, 9.17) is 32.6 Å². The molecule has 250 valence electrons. The number of hydrogen-bond acceptors (Lipinski definition) is 9. The van der Waals surface area contributed by atoms with E-state index in [1.807, 2.05) is 19.1 Å². The minimum Gasteiger partial charge on any atom is -0.491 e. The summed E-state index contributed by atoms with van der Waals surface area (Å²) in [6.07, 6.45) is 10.5. The Morgan fingerprint density at radius 3 is 1.50 bits per heavy atom. The van der Waals surface area contributed by atoms with Crippen LogP contribution in [-0.4, -0.2) is 87.7 Å². The molecule has 0 bridgehead atoms. The van der Waals surface area contributed by atoms with E-state index in [1.54, 1.807) is 12.1 Å². The Hall–Kier alpha value is -2.05. The van der Waals surface area contributed by atoms with Crippen molar-refractivity contribution in [1.82, 2.24) is 0 Å². The normalized spacial score (nSPS) is 11.7. The highest BCUT2D eigenvalue weighted by atomic mass is 32.2. The van der Waals surface area contributed by atoms with E-state index in [1.165, 1.54) is 62.6 Å². The van der Waals surface area contributed by atoms with Gasteiger partial charge in [-0.2, -0.15) is 8.42 Å². The maximum atomic E-state index is 12.1. The van der Waals surface area contributed by atoms with Crippen molar-refractivity contribution in [3.63, 3.8) is 0 Å². The Bertz CT molecular complexity index is 1040. The summed E-state index contributed by atoms with van der Waals surface area (Å²) in [4.78, 5) is 0.136. The molecule has 2 aromatic carbocycles. The molecule has 0 amide bonds. The number of unbranched alkanes of at least 4 members (excludes halogenated alkanes) is 6. The molecule has 2 aromatic rings. The van der Waals surface area contributed by atoms with Crippen LogP contribution in [0.4, 0.5) is 0 Å². The molecule has 0 heterocycles. The van der Waals surface area contributed by atoms with Crippen molar-refractivity contribution < 1.29 is 41.0 Å². The van der Waals surface area contributed by atoms with Gasteiger partial charge in [0, 0.05) is 0 Å². The van der Waals surface area contributed by atoms with Crippen LogP contribution in [0.2, 0.25) is 0 Å². The van der Waals surface area contributed by atoms with Gasteiger partial charge in [0.05, 0.1) is 77.6 Å².